The van der Waals surface area contributed by atoms with Gasteiger partial charge in [0.05, 0.1) is 12.6 Å². The van der Waals surface area contributed by atoms with Gasteiger partial charge in [0.25, 0.3) is 0 Å². The molecule has 0 radical (unpaired) electrons. The first kappa shape index (κ1) is 13.4. The van der Waals surface area contributed by atoms with Crippen molar-refractivity contribution in [2.45, 2.75) is 26.8 Å². The lowest BCUT2D eigenvalue weighted by Gasteiger charge is -2.35. The van der Waals surface area contributed by atoms with Gasteiger partial charge in [-0.2, -0.15) is 0 Å². The van der Waals surface area contributed by atoms with E-state index in [2.05, 4.69) is 55.3 Å². The Balaban J connectivity index is 2.27. The molecular weight excluding hydrogens is 224 g/mol. The summed E-state index contributed by atoms with van der Waals surface area (Å²) in [6.07, 6.45) is 0. The lowest BCUT2D eigenvalue weighted by molar-refractivity contribution is 0.258. The van der Waals surface area contributed by atoms with Crippen LogP contribution >= 0.6 is 0 Å². The van der Waals surface area contributed by atoms with E-state index in [9.17, 15) is 5.11 Å². The van der Waals surface area contributed by atoms with Gasteiger partial charge in [-0.25, -0.2) is 0 Å². The van der Waals surface area contributed by atoms with Gasteiger partial charge in [0.1, 0.15) is 0 Å². The van der Waals surface area contributed by atoms with Crippen LogP contribution in [0.2, 0.25) is 0 Å². The zero-order chi connectivity index (χ0) is 13.2. The van der Waals surface area contributed by atoms with Gasteiger partial charge in [-0.15, -0.1) is 0 Å². The van der Waals surface area contributed by atoms with Crippen LogP contribution in [0.1, 0.15) is 19.4 Å². The molecule has 1 aliphatic rings. The average Bonchev–Trinajstić information content (AvgIpc) is 2.48. The highest BCUT2D eigenvalue weighted by Gasteiger charge is 2.30. The number of rotatable bonds is 2. The molecular formula is C15H24N2O. The summed E-state index contributed by atoms with van der Waals surface area (Å²) in [4.78, 5) is 2.33. The molecule has 1 unspecified atom stereocenters. The number of aryl methyl sites for hydroxylation is 1. The summed E-state index contributed by atoms with van der Waals surface area (Å²) in [5, 5.41) is 13.0. The maximum Gasteiger partial charge on any atom is 0.0647 e. The fourth-order valence-corrected chi connectivity index (χ4v) is 2.53. The van der Waals surface area contributed by atoms with Gasteiger partial charge in [-0.05, 0) is 24.5 Å². The number of nitrogens with zero attached hydrogens (tertiary/aromatic N) is 1. The first-order valence-corrected chi connectivity index (χ1v) is 6.67. The van der Waals surface area contributed by atoms with Crippen molar-refractivity contribution in [3.8, 4) is 0 Å². The maximum atomic E-state index is 9.59. The molecule has 3 heteroatoms. The van der Waals surface area contributed by atoms with Crippen molar-refractivity contribution in [1.82, 2.24) is 5.32 Å². The molecule has 0 saturated carbocycles. The molecule has 1 aromatic carbocycles. The molecule has 1 aliphatic heterocycles. The second kappa shape index (κ2) is 5.29. The number of anilines is 1. The molecule has 0 spiro atoms. The molecule has 2 rings (SSSR count). The highest BCUT2D eigenvalue weighted by Crippen LogP contribution is 2.26. The summed E-state index contributed by atoms with van der Waals surface area (Å²) in [5.41, 5.74) is 2.69. The Morgan fingerprint density at radius 3 is 2.61 bits per heavy atom. The van der Waals surface area contributed by atoms with Gasteiger partial charge in [0.15, 0.2) is 0 Å². The van der Waals surface area contributed by atoms with E-state index in [1.54, 1.807) is 0 Å². The van der Waals surface area contributed by atoms with Crippen molar-refractivity contribution in [2.75, 3.05) is 31.1 Å². The monoisotopic (exact) mass is 248 g/mol. The van der Waals surface area contributed by atoms with E-state index in [1.807, 2.05) is 0 Å². The molecule has 1 saturated heterocycles. The number of aliphatic hydroxyl groups excluding tert-OH is 1. The molecule has 0 aromatic heterocycles. The van der Waals surface area contributed by atoms with Gasteiger partial charge in [0.2, 0.25) is 0 Å². The number of aliphatic hydroxyl groups is 1. The Morgan fingerprint density at radius 1 is 1.33 bits per heavy atom. The summed E-state index contributed by atoms with van der Waals surface area (Å²) < 4.78 is 0. The summed E-state index contributed by atoms with van der Waals surface area (Å²) in [6, 6.07) is 8.73. The number of hydrogen-bond acceptors (Lipinski definition) is 3. The van der Waals surface area contributed by atoms with Crippen molar-refractivity contribution < 1.29 is 5.11 Å². The van der Waals surface area contributed by atoms with E-state index >= 15 is 0 Å². The Hall–Kier alpha value is -1.06. The minimum absolute atomic E-state index is 0.162. The molecule has 3 nitrogen and oxygen atoms in total. The SMILES string of the molecule is Cc1ccc(N2CC(C)(C)CNCC2CO)cc1. The minimum atomic E-state index is 0.162. The summed E-state index contributed by atoms with van der Waals surface area (Å²) in [7, 11) is 0. The molecule has 1 fully saturated rings. The largest absolute Gasteiger partial charge is 0.394 e. The van der Waals surface area contributed by atoms with E-state index in [0.717, 1.165) is 19.6 Å². The van der Waals surface area contributed by atoms with Gasteiger partial charge >= 0.3 is 0 Å². The predicted molar refractivity (Wildman–Crippen MR) is 76.0 cm³/mol. The summed E-state index contributed by atoms with van der Waals surface area (Å²) in [5.74, 6) is 0. The zero-order valence-corrected chi connectivity index (χ0v) is 11.6. The first-order chi connectivity index (χ1) is 8.52. The Kier molecular flexibility index (Phi) is 3.93. The molecule has 18 heavy (non-hydrogen) atoms. The van der Waals surface area contributed by atoms with Crippen LogP contribution in [0.15, 0.2) is 24.3 Å². The predicted octanol–water partition coefficient (Wildman–Crippen LogP) is 1.79. The molecule has 100 valence electrons. The Labute approximate surface area is 110 Å². The lowest BCUT2D eigenvalue weighted by Crippen LogP contribution is -2.44. The second-order valence-corrected chi connectivity index (χ2v) is 6.09. The number of hydrogen-bond donors (Lipinski definition) is 2. The van der Waals surface area contributed by atoms with Crippen molar-refractivity contribution in [2.24, 2.45) is 5.41 Å². The highest BCUT2D eigenvalue weighted by molar-refractivity contribution is 5.49. The third kappa shape index (κ3) is 3.03. The zero-order valence-electron chi connectivity index (χ0n) is 11.6. The van der Waals surface area contributed by atoms with E-state index in [4.69, 9.17) is 0 Å². The molecule has 0 aliphatic carbocycles. The van der Waals surface area contributed by atoms with E-state index in [0.29, 0.717) is 0 Å². The van der Waals surface area contributed by atoms with E-state index < -0.39 is 0 Å². The van der Waals surface area contributed by atoms with Crippen LogP contribution < -0.4 is 10.2 Å². The molecule has 2 N–H and O–H groups in total. The van der Waals surface area contributed by atoms with Crippen LogP contribution in [0, 0.1) is 12.3 Å². The quantitative estimate of drug-likeness (QED) is 0.837. The summed E-state index contributed by atoms with van der Waals surface area (Å²) in [6.45, 7) is 9.62. The standard InChI is InChI=1S/C15H24N2O/c1-12-4-6-13(7-5-12)17-11-15(2,3)10-16-8-14(17)9-18/h4-7,14,16,18H,8-11H2,1-3H3. The van der Waals surface area contributed by atoms with Crippen LogP contribution in [0.5, 0.6) is 0 Å². The van der Waals surface area contributed by atoms with E-state index in [1.165, 1.54) is 11.3 Å². The lowest BCUT2D eigenvalue weighted by atomic mass is 9.93. The van der Waals surface area contributed by atoms with Crippen LogP contribution in [-0.4, -0.2) is 37.4 Å². The third-order valence-corrected chi connectivity index (χ3v) is 3.60. The van der Waals surface area contributed by atoms with Crippen molar-refractivity contribution in [3.05, 3.63) is 29.8 Å². The van der Waals surface area contributed by atoms with E-state index in [-0.39, 0.29) is 18.1 Å². The molecule has 1 heterocycles. The van der Waals surface area contributed by atoms with Crippen molar-refractivity contribution in [3.63, 3.8) is 0 Å². The minimum Gasteiger partial charge on any atom is -0.394 e. The number of nitrogens with one attached hydrogen (secondary N) is 1. The Morgan fingerprint density at radius 2 is 2.00 bits per heavy atom. The Bertz CT molecular complexity index is 386. The number of benzene rings is 1. The average molecular weight is 248 g/mol. The second-order valence-electron chi connectivity index (χ2n) is 6.09. The maximum absolute atomic E-state index is 9.59. The molecule has 0 amide bonds. The topological polar surface area (TPSA) is 35.5 Å². The fourth-order valence-electron chi connectivity index (χ4n) is 2.53. The van der Waals surface area contributed by atoms with Crippen molar-refractivity contribution >= 4 is 5.69 Å². The highest BCUT2D eigenvalue weighted by atomic mass is 16.3. The molecule has 0 bridgehead atoms. The van der Waals surface area contributed by atoms with Gasteiger partial charge < -0.3 is 15.3 Å². The molecule has 1 aromatic rings. The first-order valence-electron chi connectivity index (χ1n) is 6.67. The van der Waals surface area contributed by atoms with Gasteiger partial charge in [-0.3, -0.25) is 0 Å². The van der Waals surface area contributed by atoms with Gasteiger partial charge in [0, 0.05) is 25.3 Å². The van der Waals surface area contributed by atoms with Crippen LogP contribution in [0.25, 0.3) is 0 Å². The van der Waals surface area contributed by atoms with Crippen LogP contribution in [0.3, 0.4) is 0 Å². The normalized spacial score (nSPS) is 23.8. The smallest absolute Gasteiger partial charge is 0.0647 e. The van der Waals surface area contributed by atoms with Crippen molar-refractivity contribution in [1.29, 1.82) is 0 Å². The van der Waals surface area contributed by atoms with Gasteiger partial charge in [-0.1, -0.05) is 31.5 Å². The molecule has 1 atom stereocenters. The summed E-state index contributed by atoms with van der Waals surface area (Å²) >= 11 is 0. The van der Waals surface area contributed by atoms with Crippen LogP contribution in [-0.2, 0) is 0 Å². The fraction of sp³-hybridized carbons (Fsp3) is 0.600. The van der Waals surface area contributed by atoms with Crippen LogP contribution in [0.4, 0.5) is 5.69 Å². The third-order valence-electron chi connectivity index (χ3n) is 3.60.